The summed E-state index contributed by atoms with van der Waals surface area (Å²) in [6.07, 6.45) is 0.770. The third kappa shape index (κ3) is 3.29. The Bertz CT molecular complexity index is 830. The zero-order chi connectivity index (χ0) is 16.8. The van der Waals surface area contributed by atoms with Crippen molar-refractivity contribution in [1.29, 1.82) is 0 Å². The summed E-state index contributed by atoms with van der Waals surface area (Å²) in [5, 5.41) is 0. The highest BCUT2D eigenvalue weighted by Crippen LogP contribution is 2.43. The van der Waals surface area contributed by atoms with Crippen LogP contribution >= 0.6 is 7.60 Å². The molecule has 0 aromatic carbocycles. The lowest BCUT2D eigenvalue weighted by molar-refractivity contribution is 0.264. The largest absolute Gasteiger partial charge is 0.369 e. The fourth-order valence-electron chi connectivity index (χ4n) is 3.12. The van der Waals surface area contributed by atoms with E-state index in [2.05, 4.69) is 15.0 Å². The minimum atomic E-state index is -4.09. The number of halogens is 1. The normalized spacial score (nSPS) is 25.3. The first-order chi connectivity index (χ1) is 10.7. The molecule has 11 heteroatoms. The highest BCUT2D eigenvalue weighted by molar-refractivity contribution is 7.51. The lowest BCUT2D eigenvalue weighted by Gasteiger charge is -2.15. The average molecular weight is 345 g/mol. The van der Waals surface area contributed by atoms with Gasteiger partial charge in [0.05, 0.1) is 18.5 Å². The van der Waals surface area contributed by atoms with Crippen molar-refractivity contribution in [2.45, 2.75) is 31.5 Å². The summed E-state index contributed by atoms with van der Waals surface area (Å²) in [5.41, 5.74) is 5.34. The van der Waals surface area contributed by atoms with Crippen molar-refractivity contribution in [3.8, 4) is 0 Å². The number of H-pyrrole nitrogens is 1. The molecule has 126 valence electrons. The predicted molar refractivity (Wildman–Crippen MR) is 80.7 cm³/mol. The summed E-state index contributed by atoms with van der Waals surface area (Å²) >= 11 is 0. The summed E-state index contributed by atoms with van der Waals surface area (Å²) in [6, 6.07) is -0.574. The second-order valence-corrected chi connectivity index (χ2v) is 7.65. The van der Waals surface area contributed by atoms with Gasteiger partial charge in [0.25, 0.3) is 5.56 Å². The number of aromatic nitrogens is 4. The fourth-order valence-corrected chi connectivity index (χ4v) is 3.82. The van der Waals surface area contributed by atoms with E-state index in [9.17, 15) is 13.8 Å². The third-order valence-corrected chi connectivity index (χ3v) is 5.03. The van der Waals surface area contributed by atoms with Gasteiger partial charge in [-0.2, -0.15) is 4.98 Å². The zero-order valence-corrected chi connectivity index (χ0v) is 13.0. The summed E-state index contributed by atoms with van der Waals surface area (Å²) in [5.74, 6) is -0.213. The number of imidazole rings is 1. The van der Waals surface area contributed by atoms with E-state index in [1.54, 1.807) is 0 Å². The molecule has 1 aliphatic rings. The Hall–Kier alpha value is -1.77. The number of rotatable bonds is 4. The minimum Gasteiger partial charge on any atom is -0.369 e. The van der Waals surface area contributed by atoms with E-state index >= 15 is 0 Å². The molecule has 0 amide bonds. The van der Waals surface area contributed by atoms with Crippen LogP contribution in [0.3, 0.4) is 0 Å². The number of alkyl halides is 1. The number of hydrogen-bond donors (Lipinski definition) is 4. The molecule has 2 aromatic rings. The Kier molecular flexibility index (Phi) is 3.99. The molecule has 9 nitrogen and oxygen atoms in total. The van der Waals surface area contributed by atoms with Crippen molar-refractivity contribution in [3.05, 3.63) is 16.7 Å². The van der Waals surface area contributed by atoms with Gasteiger partial charge in [0.2, 0.25) is 5.95 Å². The number of nitrogens with two attached hydrogens (primary N) is 1. The van der Waals surface area contributed by atoms with Crippen LogP contribution in [0.5, 0.6) is 0 Å². The maximum Gasteiger partial charge on any atom is 0.325 e. The van der Waals surface area contributed by atoms with Gasteiger partial charge >= 0.3 is 7.60 Å². The van der Waals surface area contributed by atoms with Gasteiger partial charge in [0, 0.05) is 0 Å². The van der Waals surface area contributed by atoms with E-state index in [4.69, 9.17) is 15.5 Å². The van der Waals surface area contributed by atoms with Gasteiger partial charge in [-0.15, -0.1) is 0 Å². The second kappa shape index (κ2) is 5.70. The predicted octanol–water partition coefficient (Wildman–Crippen LogP) is 0.559. The molecule has 1 fully saturated rings. The molecule has 0 bridgehead atoms. The van der Waals surface area contributed by atoms with Gasteiger partial charge < -0.3 is 20.1 Å². The summed E-state index contributed by atoms with van der Waals surface area (Å²) in [6.45, 7) is 0. The number of nitrogens with one attached hydrogen (secondary N) is 1. The van der Waals surface area contributed by atoms with Crippen LogP contribution in [0.25, 0.3) is 11.2 Å². The van der Waals surface area contributed by atoms with Gasteiger partial charge in [0.1, 0.15) is 6.17 Å². The molecule has 1 unspecified atom stereocenters. The van der Waals surface area contributed by atoms with Crippen LogP contribution < -0.4 is 11.3 Å². The molecular weight excluding hydrogens is 328 g/mol. The standard InChI is InChI=1S/C12H17FN5O4P/c13-7-3-6(1-2-23(20,21)22)4-8(7)18-5-15-9-10(18)16-12(14)17-11(9)19/h5-8H,1-4H2,(H2,20,21,22)(H3,14,16,17,19)/t6-,7?,8-/m1/s1. The highest BCUT2D eigenvalue weighted by atomic mass is 31.2. The van der Waals surface area contributed by atoms with Gasteiger partial charge in [-0.3, -0.25) is 14.3 Å². The van der Waals surface area contributed by atoms with Gasteiger partial charge in [-0.25, -0.2) is 9.37 Å². The van der Waals surface area contributed by atoms with Crippen molar-refractivity contribution in [2.75, 3.05) is 11.9 Å². The number of fused-ring (bicyclic) bond motifs is 1. The molecule has 0 spiro atoms. The number of aromatic amines is 1. The first kappa shape index (κ1) is 16.1. The molecule has 5 N–H and O–H groups in total. The van der Waals surface area contributed by atoms with Gasteiger partial charge in [0.15, 0.2) is 11.2 Å². The molecule has 0 saturated heterocycles. The van der Waals surface area contributed by atoms with Crippen LogP contribution in [0.2, 0.25) is 0 Å². The number of hydrogen-bond acceptors (Lipinski definition) is 5. The molecule has 3 rings (SSSR count). The Morgan fingerprint density at radius 2 is 2.22 bits per heavy atom. The van der Waals surface area contributed by atoms with E-state index in [-0.39, 0.29) is 42.0 Å². The van der Waals surface area contributed by atoms with Gasteiger partial charge in [-0.1, -0.05) is 0 Å². The van der Waals surface area contributed by atoms with Crippen LogP contribution in [0.4, 0.5) is 10.3 Å². The van der Waals surface area contributed by atoms with Crippen LogP contribution in [0, 0.1) is 5.92 Å². The maximum atomic E-state index is 14.4. The smallest absolute Gasteiger partial charge is 0.325 e. The zero-order valence-electron chi connectivity index (χ0n) is 12.1. The lowest BCUT2D eigenvalue weighted by atomic mass is 10.1. The first-order valence-corrected chi connectivity index (χ1v) is 8.95. The van der Waals surface area contributed by atoms with E-state index < -0.39 is 25.4 Å². The topological polar surface area (TPSA) is 147 Å². The fraction of sp³-hybridized carbons (Fsp3) is 0.583. The molecular formula is C12H17FN5O4P. The van der Waals surface area contributed by atoms with E-state index in [1.165, 1.54) is 10.9 Å². The van der Waals surface area contributed by atoms with Crippen molar-refractivity contribution in [1.82, 2.24) is 19.5 Å². The summed E-state index contributed by atoms with van der Waals surface area (Å²) in [7, 11) is -4.09. The molecule has 0 radical (unpaired) electrons. The van der Waals surface area contributed by atoms with Crippen LogP contribution in [-0.2, 0) is 4.57 Å². The highest BCUT2D eigenvalue weighted by Gasteiger charge is 2.37. The van der Waals surface area contributed by atoms with Crippen LogP contribution in [-0.4, -0.2) is 41.6 Å². The van der Waals surface area contributed by atoms with Crippen LogP contribution in [0.15, 0.2) is 11.1 Å². The number of nitrogen functional groups attached to an aromatic ring is 1. The molecule has 2 aromatic heterocycles. The third-order valence-electron chi connectivity index (χ3n) is 4.19. The molecule has 0 aliphatic heterocycles. The Balaban J connectivity index is 1.85. The van der Waals surface area contributed by atoms with Crippen molar-refractivity contribution in [3.63, 3.8) is 0 Å². The van der Waals surface area contributed by atoms with E-state index in [1.807, 2.05) is 0 Å². The van der Waals surface area contributed by atoms with Gasteiger partial charge in [-0.05, 0) is 25.2 Å². The molecule has 3 atom stereocenters. The van der Waals surface area contributed by atoms with E-state index in [0.717, 1.165) is 0 Å². The molecule has 23 heavy (non-hydrogen) atoms. The molecule has 1 saturated carbocycles. The number of nitrogens with zero attached hydrogens (tertiary/aromatic N) is 3. The quantitative estimate of drug-likeness (QED) is 0.592. The Morgan fingerprint density at radius 3 is 2.91 bits per heavy atom. The second-order valence-electron chi connectivity index (χ2n) is 5.87. The van der Waals surface area contributed by atoms with Crippen LogP contribution in [0.1, 0.15) is 25.3 Å². The first-order valence-electron chi connectivity index (χ1n) is 7.15. The molecule has 2 heterocycles. The average Bonchev–Trinajstić information content (AvgIpc) is 2.99. The summed E-state index contributed by atoms with van der Waals surface area (Å²) < 4.78 is 26.8. The minimum absolute atomic E-state index is 0.0734. The maximum absolute atomic E-state index is 14.4. The Labute approximate surface area is 129 Å². The molecule has 1 aliphatic carbocycles. The lowest BCUT2D eigenvalue weighted by Crippen LogP contribution is -2.17. The van der Waals surface area contributed by atoms with Crippen molar-refractivity contribution >= 4 is 24.7 Å². The monoisotopic (exact) mass is 345 g/mol. The summed E-state index contributed by atoms with van der Waals surface area (Å²) in [4.78, 5) is 39.9. The van der Waals surface area contributed by atoms with Crippen molar-refractivity contribution in [2.24, 2.45) is 5.92 Å². The number of anilines is 1. The van der Waals surface area contributed by atoms with E-state index in [0.29, 0.717) is 6.42 Å². The SMILES string of the molecule is Nc1nc2c(ncn2[C@@H]2C[C@H](CCP(=O)(O)O)CC2F)c(=O)[nH]1. The van der Waals surface area contributed by atoms with Crippen molar-refractivity contribution < 1.29 is 18.7 Å². The Morgan fingerprint density at radius 1 is 1.48 bits per heavy atom.